The van der Waals surface area contributed by atoms with Crippen molar-refractivity contribution in [1.82, 2.24) is 0 Å². The Bertz CT molecular complexity index is 1050. The van der Waals surface area contributed by atoms with Crippen LogP contribution in [0, 0.1) is 23.7 Å². The molecule has 2 heteroatoms. The summed E-state index contributed by atoms with van der Waals surface area (Å²) in [5, 5.41) is 0. The summed E-state index contributed by atoms with van der Waals surface area (Å²) in [6, 6.07) is 13.5. The zero-order valence-electron chi connectivity index (χ0n) is 16.8. The van der Waals surface area contributed by atoms with Gasteiger partial charge < -0.3 is 4.74 Å². The van der Waals surface area contributed by atoms with E-state index in [2.05, 4.69) is 55.7 Å². The molecule has 0 aliphatic heterocycles. The van der Waals surface area contributed by atoms with Crippen molar-refractivity contribution in [1.29, 1.82) is 0 Å². The SMILES string of the molecule is CC#CC1=CCC(C)(C)c2cc(C#Cc3ccc(C(=O)OCC)cc3)ccc21. The van der Waals surface area contributed by atoms with Gasteiger partial charge in [-0.3, -0.25) is 0 Å². The van der Waals surface area contributed by atoms with Crippen LogP contribution in [0.1, 0.15) is 66.7 Å². The average Bonchev–Trinajstić information content (AvgIpc) is 2.69. The van der Waals surface area contributed by atoms with Crippen LogP contribution in [-0.2, 0) is 10.2 Å². The Hall–Kier alpha value is -3.23. The molecule has 0 aromatic heterocycles. The van der Waals surface area contributed by atoms with Crippen molar-refractivity contribution in [2.45, 2.75) is 39.5 Å². The molecule has 3 rings (SSSR count). The van der Waals surface area contributed by atoms with Crippen molar-refractivity contribution in [2.24, 2.45) is 0 Å². The quantitative estimate of drug-likeness (QED) is 0.527. The molecule has 0 saturated heterocycles. The van der Waals surface area contributed by atoms with Crippen LogP contribution in [0.5, 0.6) is 0 Å². The molecule has 0 bridgehead atoms. The fraction of sp³-hybridized carbons (Fsp3) is 0.269. The molecular formula is C26H24O2. The molecule has 1 aliphatic carbocycles. The van der Waals surface area contributed by atoms with Crippen molar-refractivity contribution in [3.8, 4) is 23.7 Å². The zero-order valence-corrected chi connectivity index (χ0v) is 16.8. The Morgan fingerprint density at radius 3 is 2.39 bits per heavy atom. The van der Waals surface area contributed by atoms with Crippen molar-refractivity contribution in [2.75, 3.05) is 6.61 Å². The van der Waals surface area contributed by atoms with Crippen molar-refractivity contribution < 1.29 is 9.53 Å². The van der Waals surface area contributed by atoms with Gasteiger partial charge in [0.2, 0.25) is 0 Å². The van der Waals surface area contributed by atoms with Gasteiger partial charge in [-0.2, -0.15) is 0 Å². The summed E-state index contributed by atoms with van der Waals surface area (Å²) in [4.78, 5) is 11.7. The lowest BCUT2D eigenvalue weighted by molar-refractivity contribution is 0.0526. The second kappa shape index (κ2) is 8.20. The first-order chi connectivity index (χ1) is 13.4. The highest BCUT2D eigenvalue weighted by molar-refractivity contribution is 5.89. The minimum atomic E-state index is -0.307. The van der Waals surface area contributed by atoms with E-state index >= 15 is 0 Å². The van der Waals surface area contributed by atoms with E-state index in [0.29, 0.717) is 12.2 Å². The van der Waals surface area contributed by atoms with Crippen molar-refractivity contribution >= 4 is 11.5 Å². The lowest BCUT2D eigenvalue weighted by Gasteiger charge is -2.31. The van der Waals surface area contributed by atoms with Gasteiger partial charge in [-0.15, -0.1) is 5.92 Å². The molecule has 1 aliphatic rings. The predicted molar refractivity (Wildman–Crippen MR) is 114 cm³/mol. The number of benzene rings is 2. The van der Waals surface area contributed by atoms with E-state index in [0.717, 1.165) is 23.1 Å². The fourth-order valence-electron chi connectivity index (χ4n) is 3.30. The van der Waals surface area contributed by atoms with Gasteiger partial charge in [-0.05, 0) is 73.2 Å². The Morgan fingerprint density at radius 1 is 1.04 bits per heavy atom. The minimum Gasteiger partial charge on any atom is -0.462 e. The lowest BCUT2D eigenvalue weighted by atomic mass is 9.73. The van der Waals surface area contributed by atoms with Gasteiger partial charge in [0.1, 0.15) is 0 Å². The Balaban J connectivity index is 1.88. The molecule has 140 valence electrons. The molecule has 2 aromatic carbocycles. The van der Waals surface area contributed by atoms with E-state index in [1.54, 1.807) is 19.1 Å². The molecule has 0 fully saturated rings. The first kappa shape index (κ1) is 19.5. The maximum atomic E-state index is 11.7. The van der Waals surface area contributed by atoms with Crippen LogP contribution in [-0.4, -0.2) is 12.6 Å². The van der Waals surface area contributed by atoms with E-state index in [1.807, 2.05) is 25.1 Å². The van der Waals surface area contributed by atoms with Crippen molar-refractivity contribution in [3.05, 3.63) is 76.4 Å². The van der Waals surface area contributed by atoms with Gasteiger partial charge in [0.15, 0.2) is 0 Å². The van der Waals surface area contributed by atoms with Crippen LogP contribution >= 0.6 is 0 Å². The third-order valence-electron chi connectivity index (χ3n) is 4.86. The highest BCUT2D eigenvalue weighted by Gasteiger charge is 2.27. The first-order valence-electron chi connectivity index (χ1n) is 9.51. The van der Waals surface area contributed by atoms with Gasteiger partial charge in [0.25, 0.3) is 0 Å². The van der Waals surface area contributed by atoms with Crippen LogP contribution in [0.15, 0.2) is 48.5 Å². The van der Waals surface area contributed by atoms with Crippen LogP contribution in [0.4, 0.5) is 0 Å². The molecule has 0 radical (unpaired) electrons. The molecule has 0 unspecified atom stereocenters. The summed E-state index contributed by atoms with van der Waals surface area (Å²) in [6.45, 7) is 8.54. The molecule has 0 amide bonds. The molecule has 2 nitrogen and oxygen atoms in total. The summed E-state index contributed by atoms with van der Waals surface area (Å²) in [6.07, 6.45) is 3.20. The molecule has 0 saturated carbocycles. The standard InChI is InChI=1S/C26H24O2/c1-5-7-21-16-17-26(3,4)24-18-20(12-15-23(21)24)9-8-19-10-13-22(14-11-19)25(27)28-6-2/h10-16,18H,6,17H2,1-4H3. The van der Waals surface area contributed by atoms with Crippen LogP contribution in [0.2, 0.25) is 0 Å². The topological polar surface area (TPSA) is 26.3 Å². The number of ether oxygens (including phenoxy) is 1. The number of rotatable bonds is 2. The summed E-state index contributed by atoms with van der Waals surface area (Å²) in [5.41, 5.74) is 6.04. The van der Waals surface area contributed by atoms with Gasteiger partial charge in [-0.1, -0.05) is 43.8 Å². The molecule has 2 aromatic rings. The molecule has 0 N–H and O–H groups in total. The number of esters is 1. The summed E-state index contributed by atoms with van der Waals surface area (Å²) in [5.74, 6) is 12.3. The number of hydrogen-bond acceptors (Lipinski definition) is 2. The first-order valence-corrected chi connectivity index (χ1v) is 9.51. The normalized spacial score (nSPS) is 13.8. The predicted octanol–water partition coefficient (Wildman–Crippen LogP) is 5.35. The van der Waals surface area contributed by atoms with E-state index in [1.165, 1.54) is 11.1 Å². The minimum absolute atomic E-state index is 0.0627. The Labute approximate surface area is 167 Å². The van der Waals surface area contributed by atoms with E-state index < -0.39 is 0 Å². The maximum absolute atomic E-state index is 11.7. The second-order valence-corrected chi connectivity index (χ2v) is 7.39. The number of hydrogen-bond donors (Lipinski definition) is 0. The smallest absolute Gasteiger partial charge is 0.338 e. The molecule has 28 heavy (non-hydrogen) atoms. The van der Waals surface area contributed by atoms with Gasteiger partial charge >= 0.3 is 5.97 Å². The van der Waals surface area contributed by atoms with Crippen LogP contribution < -0.4 is 0 Å². The molecule has 0 heterocycles. The number of allylic oxidation sites excluding steroid dienone is 2. The third kappa shape index (κ3) is 4.19. The zero-order chi connectivity index (χ0) is 20.1. The van der Waals surface area contributed by atoms with Gasteiger partial charge in [0.05, 0.1) is 12.2 Å². The van der Waals surface area contributed by atoms with E-state index in [-0.39, 0.29) is 11.4 Å². The summed E-state index contributed by atoms with van der Waals surface area (Å²) in [7, 11) is 0. The number of fused-ring (bicyclic) bond motifs is 1. The fourth-order valence-corrected chi connectivity index (χ4v) is 3.30. The number of carbonyl (C=O) groups excluding carboxylic acids is 1. The number of carbonyl (C=O) groups is 1. The largest absolute Gasteiger partial charge is 0.462 e. The Morgan fingerprint density at radius 2 is 1.71 bits per heavy atom. The molecular weight excluding hydrogens is 344 g/mol. The van der Waals surface area contributed by atoms with E-state index in [9.17, 15) is 4.79 Å². The molecule has 0 spiro atoms. The third-order valence-corrected chi connectivity index (χ3v) is 4.86. The van der Waals surface area contributed by atoms with Gasteiger partial charge in [-0.25, -0.2) is 4.79 Å². The highest BCUT2D eigenvalue weighted by atomic mass is 16.5. The van der Waals surface area contributed by atoms with Crippen LogP contribution in [0.3, 0.4) is 0 Å². The lowest BCUT2D eigenvalue weighted by Crippen LogP contribution is -2.21. The summed E-state index contributed by atoms with van der Waals surface area (Å²) >= 11 is 0. The second-order valence-electron chi connectivity index (χ2n) is 7.39. The van der Waals surface area contributed by atoms with Crippen LogP contribution in [0.25, 0.3) is 5.57 Å². The summed E-state index contributed by atoms with van der Waals surface area (Å²) < 4.78 is 5.01. The molecule has 0 atom stereocenters. The van der Waals surface area contributed by atoms with E-state index in [4.69, 9.17) is 4.74 Å². The van der Waals surface area contributed by atoms with Crippen molar-refractivity contribution in [3.63, 3.8) is 0 Å². The average molecular weight is 368 g/mol. The maximum Gasteiger partial charge on any atom is 0.338 e. The Kier molecular flexibility index (Phi) is 5.72. The van der Waals surface area contributed by atoms with Gasteiger partial charge in [0, 0.05) is 16.7 Å². The monoisotopic (exact) mass is 368 g/mol. The highest BCUT2D eigenvalue weighted by Crippen LogP contribution is 2.39.